The van der Waals surface area contributed by atoms with Crippen LogP contribution in [0.25, 0.3) is 0 Å². The Kier molecular flexibility index (Phi) is 4.18. The zero-order valence-electron chi connectivity index (χ0n) is 11.0. The molecule has 1 aromatic rings. The number of ether oxygens (including phenoxy) is 1. The summed E-state index contributed by atoms with van der Waals surface area (Å²) in [4.78, 5) is 16.1. The van der Waals surface area contributed by atoms with Gasteiger partial charge in [0, 0.05) is 18.3 Å². The first-order valence-corrected chi connectivity index (χ1v) is 6.50. The van der Waals surface area contributed by atoms with Crippen LogP contribution in [0.5, 0.6) is 5.88 Å². The summed E-state index contributed by atoms with van der Waals surface area (Å²) in [5.74, 6) is 1.19. The molecule has 1 heterocycles. The minimum atomic E-state index is -0.0377. The smallest absolute Gasteiger partial charge is 0.253 e. The first-order chi connectivity index (χ1) is 8.69. The Bertz CT molecular complexity index is 403. The van der Waals surface area contributed by atoms with Crippen molar-refractivity contribution in [1.82, 2.24) is 10.3 Å². The molecule has 1 aliphatic carbocycles. The molecule has 1 aromatic heterocycles. The molecule has 18 heavy (non-hydrogen) atoms. The summed E-state index contributed by atoms with van der Waals surface area (Å²) in [5.41, 5.74) is 0.592. The van der Waals surface area contributed by atoms with Crippen molar-refractivity contribution in [3.63, 3.8) is 0 Å². The molecule has 0 spiro atoms. The number of amides is 1. The van der Waals surface area contributed by atoms with Gasteiger partial charge in [0.15, 0.2) is 0 Å². The van der Waals surface area contributed by atoms with Crippen LogP contribution in [0, 0.1) is 5.92 Å². The third-order valence-corrected chi connectivity index (χ3v) is 3.48. The predicted octanol–water partition coefficient (Wildman–Crippen LogP) is 2.40. The van der Waals surface area contributed by atoms with Gasteiger partial charge in [0.05, 0.1) is 12.7 Å². The van der Waals surface area contributed by atoms with E-state index in [0.717, 1.165) is 12.8 Å². The summed E-state index contributed by atoms with van der Waals surface area (Å²) in [6.45, 7) is 2.24. The fourth-order valence-electron chi connectivity index (χ4n) is 2.47. The molecule has 1 fully saturated rings. The number of rotatable bonds is 3. The van der Waals surface area contributed by atoms with Gasteiger partial charge in [-0.1, -0.05) is 19.8 Å². The van der Waals surface area contributed by atoms with Crippen molar-refractivity contribution in [3.05, 3.63) is 23.9 Å². The molecule has 2 rings (SSSR count). The first-order valence-electron chi connectivity index (χ1n) is 6.50. The van der Waals surface area contributed by atoms with E-state index in [1.165, 1.54) is 12.8 Å². The lowest BCUT2D eigenvalue weighted by atomic mass is 9.87. The second-order valence-electron chi connectivity index (χ2n) is 5.03. The summed E-state index contributed by atoms with van der Waals surface area (Å²) in [6.07, 6.45) is 6.19. The average molecular weight is 248 g/mol. The maximum absolute atomic E-state index is 12.0. The SMILES string of the molecule is COc1ccc(C(=O)NC2CCCC(C)C2)cn1. The quantitative estimate of drug-likeness (QED) is 0.893. The number of aromatic nitrogens is 1. The minimum absolute atomic E-state index is 0.0377. The molecule has 98 valence electrons. The van der Waals surface area contributed by atoms with Crippen LogP contribution in [0.3, 0.4) is 0 Å². The number of nitrogens with one attached hydrogen (secondary N) is 1. The zero-order valence-corrected chi connectivity index (χ0v) is 11.0. The summed E-state index contributed by atoms with van der Waals surface area (Å²) in [7, 11) is 1.56. The van der Waals surface area contributed by atoms with Crippen LogP contribution < -0.4 is 10.1 Å². The van der Waals surface area contributed by atoms with Gasteiger partial charge in [0.1, 0.15) is 0 Å². The predicted molar refractivity (Wildman–Crippen MR) is 69.7 cm³/mol. The molecule has 1 amide bonds. The average Bonchev–Trinajstić information content (AvgIpc) is 2.39. The normalized spacial score (nSPS) is 23.4. The number of pyridine rings is 1. The van der Waals surface area contributed by atoms with E-state index in [1.807, 2.05) is 0 Å². The molecule has 2 unspecified atom stereocenters. The van der Waals surface area contributed by atoms with Gasteiger partial charge in [-0.05, 0) is 24.8 Å². The van der Waals surface area contributed by atoms with Crippen molar-refractivity contribution in [2.45, 2.75) is 38.6 Å². The van der Waals surface area contributed by atoms with Crippen LogP contribution in [0.2, 0.25) is 0 Å². The molecule has 0 aromatic carbocycles. The summed E-state index contributed by atoms with van der Waals surface area (Å²) in [6, 6.07) is 3.76. The molecule has 0 aliphatic heterocycles. The molecule has 2 atom stereocenters. The van der Waals surface area contributed by atoms with Gasteiger partial charge < -0.3 is 10.1 Å². The highest BCUT2D eigenvalue weighted by Crippen LogP contribution is 2.23. The molecular formula is C14H20N2O2. The molecule has 0 saturated heterocycles. The molecule has 1 aliphatic rings. The third-order valence-electron chi connectivity index (χ3n) is 3.48. The maximum atomic E-state index is 12.0. The van der Waals surface area contributed by atoms with Crippen LogP contribution in [0.4, 0.5) is 0 Å². The molecule has 4 heteroatoms. The number of nitrogens with zero attached hydrogens (tertiary/aromatic N) is 1. The van der Waals surface area contributed by atoms with Gasteiger partial charge in [0.25, 0.3) is 5.91 Å². The topological polar surface area (TPSA) is 51.2 Å². The molecule has 1 N–H and O–H groups in total. The second-order valence-corrected chi connectivity index (χ2v) is 5.03. The van der Waals surface area contributed by atoms with Crippen LogP contribution in [-0.4, -0.2) is 24.0 Å². The number of carbonyl (C=O) groups excluding carboxylic acids is 1. The maximum Gasteiger partial charge on any atom is 0.253 e. The number of carbonyl (C=O) groups is 1. The van der Waals surface area contributed by atoms with Gasteiger partial charge in [-0.15, -0.1) is 0 Å². The number of methoxy groups -OCH3 is 1. The van der Waals surface area contributed by atoms with E-state index in [2.05, 4.69) is 17.2 Å². The second kappa shape index (κ2) is 5.85. The van der Waals surface area contributed by atoms with Crippen molar-refractivity contribution < 1.29 is 9.53 Å². The summed E-state index contributed by atoms with van der Waals surface area (Å²) >= 11 is 0. The summed E-state index contributed by atoms with van der Waals surface area (Å²) in [5, 5.41) is 3.08. The molecule has 0 radical (unpaired) electrons. The lowest BCUT2D eigenvalue weighted by Gasteiger charge is -2.27. The van der Waals surface area contributed by atoms with Crippen LogP contribution in [-0.2, 0) is 0 Å². The first kappa shape index (κ1) is 12.9. The van der Waals surface area contributed by atoms with Crippen LogP contribution in [0.1, 0.15) is 43.0 Å². The van der Waals surface area contributed by atoms with Gasteiger partial charge in [-0.3, -0.25) is 4.79 Å². The van der Waals surface area contributed by atoms with Crippen molar-refractivity contribution in [3.8, 4) is 5.88 Å². The number of hydrogen-bond donors (Lipinski definition) is 1. The molecule has 1 saturated carbocycles. The van der Waals surface area contributed by atoms with E-state index in [9.17, 15) is 4.79 Å². The Balaban J connectivity index is 1.94. The van der Waals surface area contributed by atoms with Crippen molar-refractivity contribution in [2.24, 2.45) is 5.92 Å². The Labute approximate surface area is 108 Å². The van der Waals surface area contributed by atoms with Gasteiger partial charge in [-0.25, -0.2) is 4.98 Å². The van der Waals surface area contributed by atoms with E-state index in [1.54, 1.807) is 25.4 Å². The Morgan fingerprint density at radius 2 is 2.28 bits per heavy atom. The zero-order chi connectivity index (χ0) is 13.0. The molecular weight excluding hydrogens is 228 g/mol. The highest BCUT2D eigenvalue weighted by Gasteiger charge is 2.20. The highest BCUT2D eigenvalue weighted by atomic mass is 16.5. The Hall–Kier alpha value is -1.58. The monoisotopic (exact) mass is 248 g/mol. The molecule has 4 nitrogen and oxygen atoms in total. The van der Waals surface area contributed by atoms with Gasteiger partial charge >= 0.3 is 0 Å². The molecule has 0 bridgehead atoms. The largest absolute Gasteiger partial charge is 0.481 e. The van der Waals surface area contributed by atoms with Crippen molar-refractivity contribution in [1.29, 1.82) is 0 Å². The Morgan fingerprint density at radius 1 is 1.44 bits per heavy atom. The van der Waals surface area contributed by atoms with E-state index in [-0.39, 0.29) is 5.91 Å². The third kappa shape index (κ3) is 3.22. The van der Waals surface area contributed by atoms with Crippen molar-refractivity contribution in [2.75, 3.05) is 7.11 Å². The summed E-state index contributed by atoms with van der Waals surface area (Å²) < 4.78 is 4.97. The standard InChI is InChI=1S/C14H20N2O2/c1-10-4-3-5-12(8-10)16-14(17)11-6-7-13(18-2)15-9-11/h6-7,9-10,12H,3-5,8H2,1-2H3,(H,16,17). The van der Waals surface area contributed by atoms with Crippen LogP contribution >= 0.6 is 0 Å². The van der Waals surface area contributed by atoms with Gasteiger partial charge in [-0.2, -0.15) is 0 Å². The minimum Gasteiger partial charge on any atom is -0.481 e. The lowest BCUT2D eigenvalue weighted by Crippen LogP contribution is -2.38. The lowest BCUT2D eigenvalue weighted by molar-refractivity contribution is 0.0921. The van der Waals surface area contributed by atoms with E-state index < -0.39 is 0 Å². The number of hydrogen-bond acceptors (Lipinski definition) is 3. The van der Waals surface area contributed by atoms with Crippen LogP contribution in [0.15, 0.2) is 18.3 Å². The fraction of sp³-hybridized carbons (Fsp3) is 0.571. The van der Waals surface area contributed by atoms with E-state index in [4.69, 9.17) is 4.74 Å². The Morgan fingerprint density at radius 3 is 2.89 bits per heavy atom. The van der Waals surface area contributed by atoms with Crippen molar-refractivity contribution >= 4 is 5.91 Å². The highest BCUT2D eigenvalue weighted by molar-refractivity contribution is 5.94. The van der Waals surface area contributed by atoms with E-state index >= 15 is 0 Å². The van der Waals surface area contributed by atoms with Gasteiger partial charge in [0.2, 0.25) is 5.88 Å². The van der Waals surface area contributed by atoms with E-state index in [0.29, 0.717) is 23.4 Å². The fourth-order valence-corrected chi connectivity index (χ4v) is 2.47.